The minimum absolute atomic E-state index is 0.272. The molecule has 0 N–H and O–H groups in total. The van der Waals surface area contributed by atoms with E-state index in [0.29, 0.717) is 19.4 Å². The van der Waals surface area contributed by atoms with Crippen molar-refractivity contribution in [1.82, 2.24) is 0 Å². The summed E-state index contributed by atoms with van der Waals surface area (Å²) in [5.41, 5.74) is 0.808. The second kappa shape index (κ2) is 7.56. The van der Waals surface area contributed by atoms with E-state index in [9.17, 15) is 4.79 Å². The molecule has 0 spiro atoms. The molecular weight excluding hydrogens is 260 g/mol. The number of methoxy groups -OCH3 is 1. The average Bonchev–Trinajstić information content (AvgIpc) is 2.39. The summed E-state index contributed by atoms with van der Waals surface area (Å²) in [6.45, 7) is 4.28. The molecule has 1 aromatic rings. The largest absolute Gasteiger partial charge is 0.465 e. The normalized spacial score (nSPS) is 13.1. The van der Waals surface area contributed by atoms with Crippen molar-refractivity contribution in [2.45, 2.75) is 37.5 Å². The third kappa shape index (κ3) is 6.12. The lowest BCUT2D eigenvalue weighted by Gasteiger charge is -2.22. The van der Waals surface area contributed by atoms with Crippen molar-refractivity contribution >= 4 is 18.6 Å². The maximum Gasteiger partial charge on any atom is 0.319 e. The molecule has 0 saturated heterocycles. The molecule has 0 bridgehead atoms. The third-order valence-corrected chi connectivity index (χ3v) is 3.44. The Labute approximate surface area is 120 Å². The number of esters is 1. The molecule has 0 heterocycles. The minimum Gasteiger partial charge on any atom is -0.465 e. The summed E-state index contributed by atoms with van der Waals surface area (Å²) in [5, 5.41) is -0.423. The third-order valence-electron chi connectivity index (χ3n) is 3.04. The van der Waals surface area contributed by atoms with Crippen molar-refractivity contribution in [3.05, 3.63) is 35.9 Å². The molecule has 0 saturated carbocycles. The van der Waals surface area contributed by atoms with Crippen molar-refractivity contribution in [3.63, 3.8) is 0 Å². The van der Waals surface area contributed by atoms with Crippen LogP contribution in [0.5, 0.6) is 0 Å². The van der Waals surface area contributed by atoms with E-state index in [2.05, 4.69) is 12.6 Å². The van der Waals surface area contributed by atoms with Crippen LogP contribution >= 0.6 is 12.6 Å². The van der Waals surface area contributed by atoms with Gasteiger partial charge >= 0.3 is 5.97 Å². The Morgan fingerprint density at radius 2 is 1.95 bits per heavy atom. The lowest BCUT2D eigenvalue weighted by Crippen LogP contribution is -2.27. The van der Waals surface area contributed by atoms with Gasteiger partial charge in [0.05, 0.1) is 12.2 Å². The fourth-order valence-electron chi connectivity index (χ4n) is 1.52. The Morgan fingerprint density at radius 3 is 2.53 bits per heavy atom. The van der Waals surface area contributed by atoms with Gasteiger partial charge in [-0.05, 0) is 25.8 Å². The summed E-state index contributed by atoms with van der Waals surface area (Å²) in [4.78, 5) is 11.8. The smallest absolute Gasteiger partial charge is 0.319 e. The molecule has 0 aromatic heterocycles. The molecular formula is C15H22O3S. The van der Waals surface area contributed by atoms with Gasteiger partial charge in [0.25, 0.3) is 0 Å². The zero-order valence-corrected chi connectivity index (χ0v) is 12.7. The van der Waals surface area contributed by atoms with Gasteiger partial charge in [-0.3, -0.25) is 4.79 Å². The summed E-state index contributed by atoms with van der Waals surface area (Å²) in [6, 6.07) is 9.79. The van der Waals surface area contributed by atoms with Gasteiger partial charge in [-0.25, -0.2) is 0 Å². The van der Waals surface area contributed by atoms with Crippen LogP contribution in [0.2, 0.25) is 0 Å². The number of hydrogen-bond acceptors (Lipinski definition) is 4. The molecule has 106 valence electrons. The molecule has 1 aromatic carbocycles. The molecule has 0 aliphatic rings. The fraction of sp³-hybridized carbons (Fsp3) is 0.533. The number of thiol groups is 1. The van der Waals surface area contributed by atoms with E-state index in [4.69, 9.17) is 9.47 Å². The Bertz CT molecular complexity index is 390. The van der Waals surface area contributed by atoms with Crippen LogP contribution in [0.4, 0.5) is 0 Å². The molecule has 0 amide bonds. The predicted octanol–water partition coefficient (Wildman–Crippen LogP) is 2.89. The maximum atomic E-state index is 11.8. The summed E-state index contributed by atoms with van der Waals surface area (Å²) in [5.74, 6) is -0.279. The van der Waals surface area contributed by atoms with E-state index in [1.54, 1.807) is 7.11 Å². The first-order valence-electron chi connectivity index (χ1n) is 6.38. The second-order valence-corrected chi connectivity index (χ2v) is 5.71. The summed E-state index contributed by atoms with van der Waals surface area (Å²) in [7, 11) is 1.65. The van der Waals surface area contributed by atoms with Crippen LogP contribution < -0.4 is 0 Å². The Kier molecular flexibility index (Phi) is 6.38. The SMILES string of the molecule is COC(C)(C)CCOC(=O)C(S)Cc1ccccc1. The Morgan fingerprint density at radius 1 is 1.32 bits per heavy atom. The van der Waals surface area contributed by atoms with Crippen molar-refractivity contribution in [1.29, 1.82) is 0 Å². The van der Waals surface area contributed by atoms with Gasteiger partial charge in [-0.15, -0.1) is 0 Å². The molecule has 19 heavy (non-hydrogen) atoms. The van der Waals surface area contributed by atoms with Gasteiger partial charge in [-0.1, -0.05) is 30.3 Å². The highest BCUT2D eigenvalue weighted by Gasteiger charge is 2.20. The van der Waals surface area contributed by atoms with Crippen LogP contribution in [0.15, 0.2) is 30.3 Å². The predicted molar refractivity (Wildman–Crippen MR) is 79.6 cm³/mol. The molecule has 0 fully saturated rings. The fourth-order valence-corrected chi connectivity index (χ4v) is 1.80. The highest BCUT2D eigenvalue weighted by Crippen LogP contribution is 2.14. The first-order valence-corrected chi connectivity index (χ1v) is 6.90. The number of ether oxygens (including phenoxy) is 2. The monoisotopic (exact) mass is 282 g/mol. The van der Waals surface area contributed by atoms with Crippen LogP contribution in [0.25, 0.3) is 0 Å². The molecule has 3 nitrogen and oxygen atoms in total. The molecule has 1 unspecified atom stereocenters. The van der Waals surface area contributed by atoms with Gasteiger partial charge in [0.2, 0.25) is 0 Å². The minimum atomic E-state index is -0.423. The molecule has 1 rings (SSSR count). The van der Waals surface area contributed by atoms with Crippen LogP contribution in [-0.4, -0.2) is 30.5 Å². The van der Waals surface area contributed by atoms with E-state index >= 15 is 0 Å². The van der Waals surface area contributed by atoms with E-state index < -0.39 is 5.25 Å². The van der Waals surface area contributed by atoms with Crippen LogP contribution in [0.3, 0.4) is 0 Å². The van der Waals surface area contributed by atoms with Gasteiger partial charge in [0, 0.05) is 13.5 Å². The maximum absolute atomic E-state index is 11.8. The quantitative estimate of drug-likeness (QED) is 0.617. The number of benzene rings is 1. The molecule has 1 atom stereocenters. The molecule has 0 aliphatic heterocycles. The lowest BCUT2D eigenvalue weighted by atomic mass is 10.1. The first-order chi connectivity index (χ1) is 8.94. The van der Waals surface area contributed by atoms with E-state index in [1.807, 2.05) is 44.2 Å². The van der Waals surface area contributed by atoms with Crippen LogP contribution in [0, 0.1) is 0 Å². The topological polar surface area (TPSA) is 35.5 Å². The second-order valence-electron chi connectivity index (χ2n) is 5.09. The zero-order valence-electron chi connectivity index (χ0n) is 11.8. The zero-order chi connectivity index (χ0) is 14.3. The average molecular weight is 282 g/mol. The number of carbonyl (C=O) groups excluding carboxylic acids is 1. The standard InChI is InChI=1S/C15H22O3S/c1-15(2,17-3)9-10-18-14(16)13(19)11-12-7-5-4-6-8-12/h4-8,13,19H,9-11H2,1-3H3. The molecule has 0 aliphatic carbocycles. The highest BCUT2D eigenvalue weighted by molar-refractivity contribution is 7.81. The molecule has 0 radical (unpaired) electrons. The summed E-state index contributed by atoms with van der Waals surface area (Å²) < 4.78 is 10.5. The molecule has 4 heteroatoms. The number of rotatable bonds is 7. The number of hydrogen-bond donors (Lipinski definition) is 1. The van der Waals surface area contributed by atoms with Crippen LogP contribution in [-0.2, 0) is 20.7 Å². The van der Waals surface area contributed by atoms with Crippen molar-refractivity contribution in [2.75, 3.05) is 13.7 Å². The Hall–Kier alpha value is -1.00. The van der Waals surface area contributed by atoms with E-state index in [1.165, 1.54) is 0 Å². The highest BCUT2D eigenvalue weighted by atomic mass is 32.1. The summed E-state index contributed by atoms with van der Waals surface area (Å²) in [6.07, 6.45) is 1.25. The van der Waals surface area contributed by atoms with E-state index in [0.717, 1.165) is 5.56 Å². The Balaban J connectivity index is 2.33. The van der Waals surface area contributed by atoms with Gasteiger partial charge < -0.3 is 9.47 Å². The summed E-state index contributed by atoms with van der Waals surface area (Å²) >= 11 is 4.30. The van der Waals surface area contributed by atoms with Gasteiger partial charge in [0.1, 0.15) is 5.25 Å². The van der Waals surface area contributed by atoms with Crippen molar-refractivity contribution in [2.24, 2.45) is 0 Å². The van der Waals surface area contributed by atoms with Crippen molar-refractivity contribution < 1.29 is 14.3 Å². The van der Waals surface area contributed by atoms with Gasteiger partial charge in [-0.2, -0.15) is 12.6 Å². The van der Waals surface area contributed by atoms with Crippen molar-refractivity contribution in [3.8, 4) is 0 Å². The van der Waals surface area contributed by atoms with E-state index in [-0.39, 0.29) is 11.6 Å². The van der Waals surface area contributed by atoms with Gasteiger partial charge in [0.15, 0.2) is 0 Å². The lowest BCUT2D eigenvalue weighted by molar-refractivity contribution is -0.144. The first kappa shape index (κ1) is 16.1. The number of carbonyl (C=O) groups is 1. The van der Waals surface area contributed by atoms with Crippen LogP contribution in [0.1, 0.15) is 25.8 Å².